The summed E-state index contributed by atoms with van der Waals surface area (Å²) in [5.74, 6) is 0. The predicted molar refractivity (Wildman–Crippen MR) is 170 cm³/mol. The third-order valence-corrected chi connectivity index (χ3v) is 8.09. The quantitative estimate of drug-likeness (QED) is 0.224. The van der Waals surface area contributed by atoms with Gasteiger partial charge in [0, 0.05) is 21.7 Å². The fraction of sp³-hybridized carbons (Fsp3) is 0. The Hall–Kier alpha value is -5.74. The van der Waals surface area contributed by atoms with Crippen LogP contribution in [-0.4, -0.2) is 9.97 Å². The first-order valence-electron chi connectivity index (χ1n) is 14.0. The standard InChI is InChI=1S/C38H22N2O2/c1-2-10-24(11-3-1)31-22-29(26-12-4-7-15-30(26)39-31)23-18-20-25(21-19-23)34-37-35(27-13-5-8-16-32(27)41-37)40-36-28-14-6-9-17-33(28)42-38(34)36/h1-22H. The molecule has 0 aliphatic rings. The molecule has 0 radical (unpaired) electrons. The molecule has 0 unspecified atom stereocenters. The van der Waals surface area contributed by atoms with Crippen molar-refractivity contribution in [3.8, 4) is 33.5 Å². The van der Waals surface area contributed by atoms with Crippen molar-refractivity contribution >= 4 is 55.0 Å². The first kappa shape index (κ1) is 23.0. The minimum Gasteiger partial charge on any atom is -0.454 e. The lowest BCUT2D eigenvalue weighted by Gasteiger charge is -2.11. The third-order valence-electron chi connectivity index (χ3n) is 8.09. The van der Waals surface area contributed by atoms with Crippen LogP contribution in [0.15, 0.2) is 142 Å². The number of hydrogen-bond acceptors (Lipinski definition) is 4. The number of para-hydroxylation sites is 3. The molecule has 0 spiro atoms. The second-order valence-corrected chi connectivity index (χ2v) is 10.6. The van der Waals surface area contributed by atoms with Gasteiger partial charge in [0.15, 0.2) is 11.2 Å². The summed E-state index contributed by atoms with van der Waals surface area (Å²) in [6.07, 6.45) is 0. The van der Waals surface area contributed by atoms with Gasteiger partial charge in [-0.25, -0.2) is 9.97 Å². The van der Waals surface area contributed by atoms with Gasteiger partial charge in [-0.3, -0.25) is 0 Å². The molecule has 0 N–H and O–H groups in total. The van der Waals surface area contributed by atoms with Crippen molar-refractivity contribution in [3.05, 3.63) is 133 Å². The maximum atomic E-state index is 6.45. The second-order valence-electron chi connectivity index (χ2n) is 10.6. The molecule has 9 rings (SSSR count). The summed E-state index contributed by atoms with van der Waals surface area (Å²) < 4.78 is 12.9. The summed E-state index contributed by atoms with van der Waals surface area (Å²) in [7, 11) is 0. The van der Waals surface area contributed by atoms with E-state index in [1.54, 1.807) is 0 Å². The first-order valence-corrected chi connectivity index (χ1v) is 14.0. The minimum absolute atomic E-state index is 0.733. The molecule has 0 amide bonds. The zero-order chi connectivity index (χ0) is 27.6. The molecule has 4 heterocycles. The van der Waals surface area contributed by atoms with Gasteiger partial charge in [0.2, 0.25) is 0 Å². The van der Waals surface area contributed by atoms with Crippen LogP contribution in [-0.2, 0) is 0 Å². The van der Waals surface area contributed by atoms with Crippen LogP contribution in [0.1, 0.15) is 0 Å². The van der Waals surface area contributed by atoms with Crippen LogP contribution < -0.4 is 0 Å². The van der Waals surface area contributed by atoms with Gasteiger partial charge < -0.3 is 8.83 Å². The molecule has 0 saturated heterocycles. The normalized spacial score (nSPS) is 11.8. The van der Waals surface area contributed by atoms with Crippen molar-refractivity contribution in [3.63, 3.8) is 0 Å². The molecule has 4 aromatic heterocycles. The maximum Gasteiger partial charge on any atom is 0.165 e. The third kappa shape index (κ3) is 3.42. The number of pyridine rings is 2. The number of rotatable bonds is 3. The van der Waals surface area contributed by atoms with Crippen LogP contribution in [0.25, 0.3) is 88.6 Å². The van der Waals surface area contributed by atoms with E-state index in [9.17, 15) is 0 Å². The van der Waals surface area contributed by atoms with Crippen molar-refractivity contribution in [1.82, 2.24) is 9.97 Å². The molecule has 42 heavy (non-hydrogen) atoms. The van der Waals surface area contributed by atoms with Gasteiger partial charge in [0.05, 0.1) is 16.8 Å². The van der Waals surface area contributed by atoms with Crippen molar-refractivity contribution in [2.75, 3.05) is 0 Å². The Kier molecular flexibility index (Phi) is 4.87. The minimum atomic E-state index is 0.733. The van der Waals surface area contributed by atoms with Crippen molar-refractivity contribution in [2.45, 2.75) is 0 Å². The highest BCUT2D eigenvalue weighted by Gasteiger charge is 2.22. The topological polar surface area (TPSA) is 52.1 Å². The van der Waals surface area contributed by atoms with E-state index in [0.717, 1.165) is 88.6 Å². The Morgan fingerprint density at radius 1 is 0.429 bits per heavy atom. The first-order chi connectivity index (χ1) is 20.8. The van der Waals surface area contributed by atoms with E-state index in [4.69, 9.17) is 18.8 Å². The van der Waals surface area contributed by atoms with E-state index in [1.165, 1.54) is 0 Å². The van der Waals surface area contributed by atoms with E-state index in [-0.39, 0.29) is 0 Å². The maximum absolute atomic E-state index is 6.45. The number of hydrogen-bond donors (Lipinski definition) is 0. The zero-order valence-electron chi connectivity index (χ0n) is 22.4. The Morgan fingerprint density at radius 2 is 0.976 bits per heavy atom. The number of benzene rings is 5. The number of furan rings is 2. The average Bonchev–Trinajstić information content (AvgIpc) is 3.62. The SMILES string of the molecule is c1ccc(-c2cc(-c3ccc(-c4c5oc6ccccc6c5nc5c4oc4ccccc45)cc3)c3ccccc3n2)cc1. The molecule has 0 aliphatic carbocycles. The van der Waals surface area contributed by atoms with E-state index >= 15 is 0 Å². The van der Waals surface area contributed by atoms with E-state index in [0.29, 0.717) is 0 Å². The number of fused-ring (bicyclic) bond motifs is 7. The highest BCUT2D eigenvalue weighted by atomic mass is 16.3. The van der Waals surface area contributed by atoms with Crippen LogP contribution in [0.5, 0.6) is 0 Å². The van der Waals surface area contributed by atoms with Crippen LogP contribution in [0.2, 0.25) is 0 Å². The lowest BCUT2D eigenvalue weighted by molar-refractivity contribution is 0.657. The van der Waals surface area contributed by atoms with E-state index < -0.39 is 0 Å². The van der Waals surface area contributed by atoms with Crippen LogP contribution in [0.4, 0.5) is 0 Å². The lowest BCUT2D eigenvalue weighted by Crippen LogP contribution is -1.90. The molecule has 0 atom stereocenters. The van der Waals surface area contributed by atoms with Gasteiger partial charge in [-0.05, 0) is 53.1 Å². The molecule has 4 heteroatoms. The van der Waals surface area contributed by atoms with E-state index in [1.807, 2.05) is 60.7 Å². The van der Waals surface area contributed by atoms with Crippen molar-refractivity contribution < 1.29 is 8.83 Å². The summed E-state index contributed by atoms with van der Waals surface area (Å²) in [6.45, 7) is 0. The van der Waals surface area contributed by atoms with Crippen LogP contribution in [0.3, 0.4) is 0 Å². The van der Waals surface area contributed by atoms with Gasteiger partial charge >= 0.3 is 0 Å². The van der Waals surface area contributed by atoms with Crippen LogP contribution >= 0.6 is 0 Å². The fourth-order valence-corrected chi connectivity index (χ4v) is 6.09. The Labute approximate surface area is 240 Å². The van der Waals surface area contributed by atoms with E-state index in [2.05, 4.69) is 72.8 Å². The highest BCUT2D eigenvalue weighted by molar-refractivity contribution is 6.18. The Morgan fingerprint density at radius 3 is 1.64 bits per heavy atom. The molecular formula is C38H22N2O2. The van der Waals surface area contributed by atoms with Gasteiger partial charge in [-0.15, -0.1) is 0 Å². The van der Waals surface area contributed by atoms with Crippen molar-refractivity contribution in [1.29, 1.82) is 0 Å². The van der Waals surface area contributed by atoms with Gasteiger partial charge in [0.25, 0.3) is 0 Å². The van der Waals surface area contributed by atoms with Crippen molar-refractivity contribution in [2.24, 2.45) is 0 Å². The number of nitrogens with zero attached hydrogens (tertiary/aromatic N) is 2. The largest absolute Gasteiger partial charge is 0.454 e. The molecule has 0 aliphatic heterocycles. The lowest BCUT2D eigenvalue weighted by atomic mass is 9.96. The molecule has 0 saturated carbocycles. The second kappa shape index (κ2) is 8.88. The molecule has 9 aromatic rings. The zero-order valence-corrected chi connectivity index (χ0v) is 22.4. The highest BCUT2D eigenvalue weighted by Crippen LogP contribution is 2.43. The Balaban J connectivity index is 1.28. The van der Waals surface area contributed by atoms with Gasteiger partial charge in [0.1, 0.15) is 22.2 Å². The van der Waals surface area contributed by atoms with Crippen LogP contribution in [0, 0.1) is 0 Å². The fourth-order valence-electron chi connectivity index (χ4n) is 6.09. The molecule has 196 valence electrons. The predicted octanol–water partition coefficient (Wildman–Crippen LogP) is 10.4. The smallest absolute Gasteiger partial charge is 0.165 e. The Bertz CT molecular complexity index is 2360. The van der Waals surface area contributed by atoms with Gasteiger partial charge in [-0.2, -0.15) is 0 Å². The molecule has 0 fully saturated rings. The van der Waals surface area contributed by atoms with Gasteiger partial charge in [-0.1, -0.05) is 97.1 Å². The summed E-state index contributed by atoms with van der Waals surface area (Å²) >= 11 is 0. The summed E-state index contributed by atoms with van der Waals surface area (Å²) in [5, 5.41) is 3.11. The molecular weight excluding hydrogens is 516 g/mol. The number of aromatic nitrogens is 2. The molecule has 5 aromatic carbocycles. The summed E-state index contributed by atoms with van der Waals surface area (Å²) in [6, 6.07) is 45.6. The molecule has 0 bridgehead atoms. The molecule has 4 nitrogen and oxygen atoms in total. The summed E-state index contributed by atoms with van der Waals surface area (Å²) in [4.78, 5) is 10.1. The monoisotopic (exact) mass is 538 g/mol. The average molecular weight is 539 g/mol. The summed E-state index contributed by atoms with van der Waals surface area (Å²) in [5.41, 5.74) is 12.0.